The van der Waals surface area contributed by atoms with Crippen LogP contribution in [0, 0.1) is 6.92 Å². The first-order valence-electron chi connectivity index (χ1n) is 6.88. The van der Waals surface area contributed by atoms with Crippen LogP contribution < -0.4 is 10.5 Å². The molecule has 110 valence electrons. The standard InChI is InChI=1S/C17H20N2O2/c1-13-7-6-10-15(16(13)18)17(20)19(2)11-12-21-14-8-4-3-5-9-14/h3-10H,11-12,18H2,1-2H3. The van der Waals surface area contributed by atoms with Crippen LogP contribution in [0.2, 0.25) is 0 Å². The van der Waals surface area contributed by atoms with Gasteiger partial charge in [-0.15, -0.1) is 0 Å². The maximum absolute atomic E-state index is 12.4. The molecular weight excluding hydrogens is 264 g/mol. The molecule has 0 atom stereocenters. The summed E-state index contributed by atoms with van der Waals surface area (Å²) < 4.78 is 5.59. The topological polar surface area (TPSA) is 55.6 Å². The van der Waals surface area contributed by atoms with Crippen LogP contribution >= 0.6 is 0 Å². The van der Waals surface area contributed by atoms with Gasteiger partial charge in [0, 0.05) is 12.7 Å². The average Bonchev–Trinajstić information content (AvgIpc) is 2.50. The van der Waals surface area contributed by atoms with Gasteiger partial charge in [-0.2, -0.15) is 0 Å². The molecule has 1 amide bonds. The lowest BCUT2D eigenvalue weighted by atomic mass is 10.1. The van der Waals surface area contributed by atoms with Crippen LogP contribution in [0.3, 0.4) is 0 Å². The Morgan fingerprint density at radius 2 is 1.86 bits per heavy atom. The van der Waals surface area contributed by atoms with Gasteiger partial charge < -0.3 is 15.4 Å². The molecule has 0 fully saturated rings. The number of nitrogen functional groups attached to an aromatic ring is 1. The van der Waals surface area contributed by atoms with Crippen molar-refractivity contribution in [3.05, 3.63) is 59.7 Å². The predicted octanol–water partition coefficient (Wildman–Crippen LogP) is 2.73. The number of likely N-dealkylation sites (N-methyl/N-ethyl adjacent to an activating group) is 1. The summed E-state index contributed by atoms with van der Waals surface area (Å²) in [5.41, 5.74) is 7.95. The van der Waals surface area contributed by atoms with Gasteiger partial charge in [0.2, 0.25) is 0 Å². The fraction of sp³-hybridized carbons (Fsp3) is 0.235. The number of aryl methyl sites for hydroxylation is 1. The number of benzene rings is 2. The molecule has 0 aromatic heterocycles. The third-order valence-electron chi connectivity index (χ3n) is 3.34. The van der Waals surface area contributed by atoms with Gasteiger partial charge in [-0.3, -0.25) is 4.79 Å². The van der Waals surface area contributed by atoms with Crippen molar-refractivity contribution >= 4 is 11.6 Å². The Morgan fingerprint density at radius 3 is 2.57 bits per heavy atom. The molecule has 0 saturated heterocycles. The molecule has 0 saturated carbocycles. The fourth-order valence-corrected chi connectivity index (χ4v) is 1.99. The predicted molar refractivity (Wildman–Crippen MR) is 84.5 cm³/mol. The van der Waals surface area contributed by atoms with E-state index in [1.807, 2.05) is 49.4 Å². The van der Waals surface area contributed by atoms with Gasteiger partial charge >= 0.3 is 0 Å². The molecule has 0 aliphatic carbocycles. The van der Waals surface area contributed by atoms with Crippen LogP contribution in [0.5, 0.6) is 5.75 Å². The minimum Gasteiger partial charge on any atom is -0.492 e. The summed E-state index contributed by atoms with van der Waals surface area (Å²) >= 11 is 0. The van der Waals surface area contributed by atoms with Crippen LogP contribution in [0.15, 0.2) is 48.5 Å². The molecule has 21 heavy (non-hydrogen) atoms. The molecule has 4 nitrogen and oxygen atoms in total. The molecule has 2 aromatic rings. The van der Waals surface area contributed by atoms with E-state index in [1.165, 1.54) is 0 Å². The lowest BCUT2D eigenvalue weighted by molar-refractivity contribution is 0.0774. The quantitative estimate of drug-likeness (QED) is 0.859. The first-order valence-corrected chi connectivity index (χ1v) is 6.88. The summed E-state index contributed by atoms with van der Waals surface area (Å²) in [5, 5.41) is 0. The number of carbonyl (C=O) groups excluding carboxylic acids is 1. The zero-order chi connectivity index (χ0) is 15.2. The Morgan fingerprint density at radius 1 is 1.14 bits per heavy atom. The van der Waals surface area contributed by atoms with E-state index >= 15 is 0 Å². The van der Waals surface area contributed by atoms with Crippen LogP contribution in [0.25, 0.3) is 0 Å². The van der Waals surface area contributed by atoms with Crippen molar-refractivity contribution in [2.45, 2.75) is 6.92 Å². The molecule has 2 N–H and O–H groups in total. The van der Waals surface area contributed by atoms with Crippen molar-refractivity contribution in [2.24, 2.45) is 0 Å². The Kier molecular flexibility index (Phi) is 4.82. The third-order valence-corrected chi connectivity index (χ3v) is 3.34. The first-order chi connectivity index (χ1) is 10.1. The van der Waals surface area contributed by atoms with Crippen molar-refractivity contribution in [3.8, 4) is 5.75 Å². The number of anilines is 1. The van der Waals surface area contributed by atoms with Gasteiger partial charge in [0.1, 0.15) is 12.4 Å². The highest BCUT2D eigenvalue weighted by Gasteiger charge is 2.15. The Bertz CT molecular complexity index is 611. The Hall–Kier alpha value is -2.49. The second-order valence-corrected chi connectivity index (χ2v) is 4.92. The van der Waals surface area contributed by atoms with Gasteiger partial charge in [-0.05, 0) is 30.7 Å². The lowest BCUT2D eigenvalue weighted by Crippen LogP contribution is -2.31. The normalized spacial score (nSPS) is 10.2. The highest BCUT2D eigenvalue weighted by molar-refractivity contribution is 5.99. The number of amides is 1. The Balaban J connectivity index is 1.92. The zero-order valence-corrected chi connectivity index (χ0v) is 12.4. The van der Waals surface area contributed by atoms with Gasteiger partial charge in [-0.25, -0.2) is 0 Å². The lowest BCUT2D eigenvalue weighted by Gasteiger charge is -2.19. The van der Waals surface area contributed by atoms with E-state index in [0.717, 1.165) is 11.3 Å². The molecule has 0 unspecified atom stereocenters. The summed E-state index contributed by atoms with van der Waals surface area (Å²) in [7, 11) is 1.75. The van der Waals surface area contributed by atoms with Gasteiger partial charge in [0.15, 0.2) is 0 Å². The molecule has 0 aliphatic rings. The summed E-state index contributed by atoms with van der Waals surface area (Å²) in [5.74, 6) is 0.710. The maximum atomic E-state index is 12.4. The van der Waals surface area contributed by atoms with Crippen LogP contribution in [0.1, 0.15) is 15.9 Å². The number of rotatable bonds is 5. The van der Waals surface area contributed by atoms with Crippen LogP contribution in [-0.4, -0.2) is 31.0 Å². The van der Waals surface area contributed by atoms with E-state index < -0.39 is 0 Å². The van der Waals surface area contributed by atoms with Crippen molar-refractivity contribution < 1.29 is 9.53 Å². The number of nitrogens with two attached hydrogens (primary N) is 1. The first kappa shape index (κ1) is 14.9. The van der Waals surface area contributed by atoms with Crippen molar-refractivity contribution in [1.82, 2.24) is 4.90 Å². The van der Waals surface area contributed by atoms with E-state index in [9.17, 15) is 4.79 Å². The molecule has 0 bridgehead atoms. The second kappa shape index (κ2) is 6.79. The molecule has 0 radical (unpaired) electrons. The largest absolute Gasteiger partial charge is 0.492 e. The van der Waals surface area contributed by atoms with E-state index in [4.69, 9.17) is 10.5 Å². The Labute approximate surface area is 125 Å². The summed E-state index contributed by atoms with van der Waals surface area (Å²) in [4.78, 5) is 14.0. The van der Waals surface area contributed by atoms with Gasteiger partial charge in [0.25, 0.3) is 5.91 Å². The molecule has 0 heterocycles. The molecule has 0 spiro atoms. The minimum absolute atomic E-state index is 0.0899. The number of para-hydroxylation sites is 2. The van der Waals surface area contributed by atoms with Crippen molar-refractivity contribution in [1.29, 1.82) is 0 Å². The number of nitrogens with zero attached hydrogens (tertiary/aromatic N) is 1. The minimum atomic E-state index is -0.0899. The number of carbonyl (C=O) groups is 1. The monoisotopic (exact) mass is 284 g/mol. The van der Waals surface area contributed by atoms with E-state index in [2.05, 4.69) is 0 Å². The smallest absolute Gasteiger partial charge is 0.255 e. The van der Waals surface area contributed by atoms with Crippen molar-refractivity contribution in [2.75, 3.05) is 25.9 Å². The second-order valence-electron chi connectivity index (χ2n) is 4.92. The fourth-order valence-electron chi connectivity index (χ4n) is 1.99. The summed E-state index contributed by atoms with van der Waals surface area (Å²) in [6.45, 7) is 2.84. The molecular formula is C17H20N2O2. The SMILES string of the molecule is Cc1cccc(C(=O)N(C)CCOc2ccccc2)c1N. The molecule has 4 heteroatoms. The number of hydrogen-bond acceptors (Lipinski definition) is 3. The van der Waals surface area contributed by atoms with E-state index in [1.54, 1.807) is 18.0 Å². The number of ether oxygens (including phenoxy) is 1. The van der Waals surface area contributed by atoms with Crippen LogP contribution in [0.4, 0.5) is 5.69 Å². The molecule has 2 rings (SSSR count). The van der Waals surface area contributed by atoms with Gasteiger partial charge in [0.05, 0.1) is 12.1 Å². The highest BCUT2D eigenvalue weighted by Crippen LogP contribution is 2.18. The zero-order valence-electron chi connectivity index (χ0n) is 12.4. The van der Waals surface area contributed by atoms with E-state index in [-0.39, 0.29) is 5.91 Å². The summed E-state index contributed by atoms with van der Waals surface area (Å²) in [6, 6.07) is 15.0. The third kappa shape index (κ3) is 3.75. The average molecular weight is 284 g/mol. The van der Waals surface area contributed by atoms with Gasteiger partial charge in [-0.1, -0.05) is 30.3 Å². The van der Waals surface area contributed by atoms with Crippen LogP contribution in [-0.2, 0) is 0 Å². The van der Waals surface area contributed by atoms with Crippen molar-refractivity contribution in [3.63, 3.8) is 0 Å². The highest BCUT2D eigenvalue weighted by atomic mass is 16.5. The molecule has 2 aromatic carbocycles. The maximum Gasteiger partial charge on any atom is 0.255 e. The number of hydrogen-bond donors (Lipinski definition) is 1. The van der Waals surface area contributed by atoms with E-state index in [0.29, 0.717) is 24.4 Å². The summed E-state index contributed by atoms with van der Waals surface area (Å²) in [6.07, 6.45) is 0. The molecule has 0 aliphatic heterocycles.